The van der Waals surface area contributed by atoms with Crippen LogP contribution in [0.2, 0.25) is 0 Å². The zero-order chi connectivity index (χ0) is 4.99. The van der Waals surface area contributed by atoms with Crippen molar-refractivity contribution in [3.8, 4) is 0 Å². The summed E-state index contributed by atoms with van der Waals surface area (Å²) in [4.78, 5) is 13.0. The Kier molecular flexibility index (Phi) is 2.31. The van der Waals surface area contributed by atoms with Gasteiger partial charge >= 0.3 is 6.16 Å². The molecule has 3 nitrogen and oxygen atoms in total. The summed E-state index contributed by atoms with van der Waals surface area (Å²) >= 11 is 0. The molecule has 0 saturated heterocycles. The third kappa shape index (κ3) is 3.36. The van der Waals surface area contributed by atoms with E-state index in [-0.39, 0.29) is 0 Å². The molecule has 1 N–H and O–H groups in total. The second kappa shape index (κ2) is 2.59. The molecule has 6 heavy (non-hydrogen) atoms. The van der Waals surface area contributed by atoms with Gasteiger partial charge in [-0.25, -0.2) is 10.3 Å². The van der Waals surface area contributed by atoms with E-state index in [1.165, 1.54) is 5.48 Å². The van der Waals surface area contributed by atoms with E-state index < -0.39 is 6.16 Å². The Morgan fingerprint density at radius 1 is 2.00 bits per heavy atom. The highest BCUT2D eigenvalue weighted by molar-refractivity contribution is 5.63. The Bertz CT molecular complexity index is 55.5. The lowest BCUT2D eigenvalue weighted by Gasteiger charge is -1.86. The summed E-state index contributed by atoms with van der Waals surface area (Å²) in [6, 6.07) is 0. The van der Waals surface area contributed by atoms with Gasteiger partial charge in [0.2, 0.25) is 0 Å². The second-order valence-corrected chi connectivity index (χ2v) is 0.580. The molecule has 1 amide bonds. The lowest BCUT2D eigenvalue weighted by atomic mass is 11.3. The van der Waals surface area contributed by atoms with Crippen LogP contribution in [0.4, 0.5) is 9.18 Å². The van der Waals surface area contributed by atoms with Crippen molar-refractivity contribution in [3.05, 3.63) is 0 Å². The van der Waals surface area contributed by atoms with Crippen molar-refractivity contribution in [2.75, 3.05) is 7.11 Å². The maximum atomic E-state index is 10.8. The SMILES string of the molecule is CONC(=O)F. The lowest BCUT2D eigenvalue weighted by molar-refractivity contribution is 0.0954. The maximum Gasteiger partial charge on any atom is 0.421 e. The van der Waals surface area contributed by atoms with Crippen LogP contribution in [0.1, 0.15) is 0 Å². The van der Waals surface area contributed by atoms with Crippen LogP contribution in [0.5, 0.6) is 0 Å². The topological polar surface area (TPSA) is 38.3 Å². The van der Waals surface area contributed by atoms with Crippen molar-refractivity contribution < 1.29 is 14.0 Å². The van der Waals surface area contributed by atoms with E-state index in [1.807, 2.05) is 0 Å². The van der Waals surface area contributed by atoms with Gasteiger partial charge in [0.05, 0.1) is 7.11 Å². The first-order valence-corrected chi connectivity index (χ1v) is 1.26. The largest absolute Gasteiger partial charge is 0.421 e. The molecule has 0 aliphatic heterocycles. The average molecular weight is 93.1 g/mol. The summed E-state index contributed by atoms with van der Waals surface area (Å²) in [5, 5.41) is 0. The molecule has 0 spiro atoms. The Morgan fingerprint density at radius 3 is 2.50 bits per heavy atom. The number of rotatable bonds is 1. The molecule has 0 aromatic carbocycles. The Balaban J connectivity index is 2.83. The van der Waals surface area contributed by atoms with E-state index in [2.05, 4.69) is 4.84 Å². The van der Waals surface area contributed by atoms with Crippen molar-refractivity contribution in [1.82, 2.24) is 5.48 Å². The molecule has 4 heteroatoms. The van der Waals surface area contributed by atoms with E-state index in [0.29, 0.717) is 0 Å². The van der Waals surface area contributed by atoms with E-state index >= 15 is 0 Å². The van der Waals surface area contributed by atoms with E-state index in [0.717, 1.165) is 7.11 Å². The molecule has 0 atom stereocenters. The molecule has 0 aliphatic carbocycles. The number of carbonyl (C=O) groups is 1. The van der Waals surface area contributed by atoms with Crippen LogP contribution in [-0.2, 0) is 4.84 Å². The molecular formula is C2H4FNO2. The van der Waals surface area contributed by atoms with Gasteiger partial charge in [-0.3, -0.25) is 4.84 Å². The summed E-state index contributed by atoms with van der Waals surface area (Å²) in [7, 11) is 1.15. The zero-order valence-electron chi connectivity index (χ0n) is 3.19. The smallest absolute Gasteiger partial charge is 0.275 e. The van der Waals surface area contributed by atoms with Gasteiger partial charge in [0.1, 0.15) is 0 Å². The average Bonchev–Trinajstić information content (AvgIpc) is 1.35. The summed E-state index contributed by atoms with van der Waals surface area (Å²) in [6.07, 6.45) is -1.68. The van der Waals surface area contributed by atoms with Gasteiger partial charge in [-0.2, -0.15) is 0 Å². The first-order valence-electron chi connectivity index (χ1n) is 1.26. The van der Waals surface area contributed by atoms with Crippen LogP contribution >= 0.6 is 0 Å². The number of hydrogen-bond donors (Lipinski definition) is 1. The molecular weight excluding hydrogens is 89.0 g/mol. The highest BCUT2D eigenvalue weighted by Crippen LogP contribution is 1.64. The first kappa shape index (κ1) is 5.36. The van der Waals surface area contributed by atoms with Crippen LogP contribution < -0.4 is 5.48 Å². The standard InChI is InChI=1S/C2H4FNO2/c1-6-4-2(3)5/h1H3,(H,4,5). The van der Waals surface area contributed by atoms with Crippen LogP contribution in [0, 0.1) is 0 Å². The van der Waals surface area contributed by atoms with Crippen LogP contribution in [0.15, 0.2) is 0 Å². The van der Waals surface area contributed by atoms with E-state index in [9.17, 15) is 4.39 Å². The van der Waals surface area contributed by atoms with E-state index in [4.69, 9.17) is 4.79 Å². The van der Waals surface area contributed by atoms with Gasteiger partial charge < -0.3 is 0 Å². The Labute approximate surface area is 34.0 Å². The molecule has 0 bridgehead atoms. The summed E-state index contributed by atoms with van der Waals surface area (Å²) in [6.45, 7) is 0. The summed E-state index contributed by atoms with van der Waals surface area (Å²) in [5.41, 5.74) is 1.40. The van der Waals surface area contributed by atoms with Gasteiger partial charge in [-0.05, 0) is 0 Å². The lowest BCUT2D eigenvalue weighted by Crippen LogP contribution is -2.14. The quantitative estimate of drug-likeness (QED) is 0.286. The van der Waals surface area contributed by atoms with Crippen molar-refractivity contribution in [2.45, 2.75) is 0 Å². The molecule has 0 rings (SSSR count). The molecule has 0 fully saturated rings. The van der Waals surface area contributed by atoms with Gasteiger partial charge in [-0.15, -0.1) is 4.39 Å². The fourth-order valence-corrected chi connectivity index (χ4v) is 0.0802. The predicted molar refractivity (Wildman–Crippen MR) is 16.6 cm³/mol. The molecule has 36 valence electrons. The van der Waals surface area contributed by atoms with Gasteiger partial charge in [0.15, 0.2) is 0 Å². The molecule has 0 aromatic rings. The number of amides is 1. The third-order valence-corrected chi connectivity index (χ3v) is 0.182. The summed E-state index contributed by atoms with van der Waals surface area (Å²) < 4.78 is 10.8. The number of halogens is 1. The van der Waals surface area contributed by atoms with E-state index in [1.54, 1.807) is 0 Å². The number of hydrogen-bond acceptors (Lipinski definition) is 2. The van der Waals surface area contributed by atoms with Gasteiger partial charge in [0.25, 0.3) is 0 Å². The third-order valence-electron chi connectivity index (χ3n) is 0.182. The minimum absolute atomic E-state index is 1.15. The fraction of sp³-hybridized carbons (Fsp3) is 0.500. The second-order valence-electron chi connectivity index (χ2n) is 0.580. The van der Waals surface area contributed by atoms with Crippen molar-refractivity contribution in [3.63, 3.8) is 0 Å². The van der Waals surface area contributed by atoms with Crippen molar-refractivity contribution >= 4 is 6.16 Å². The molecule has 0 saturated carbocycles. The molecule has 0 aromatic heterocycles. The summed E-state index contributed by atoms with van der Waals surface area (Å²) in [5.74, 6) is 0. The van der Waals surface area contributed by atoms with Crippen molar-refractivity contribution in [2.24, 2.45) is 0 Å². The molecule has 0 heterocycles. The number of nitrogens with one attached hydrogen (secondary N) is 1. The highest BCUT2D eigenvalue weighted by Gasteiger charge is 1.86. The minimum atomic E-state index is -1.68. The zero-order valence-corrected chi connectivity index (χ0v) is 3.19. The monoisotopic (exact) mass is 93.0 g/mol. The normalized spacial score (nSPS) is 7.67. The maximum absolute atomic E-state index is 10.8. The number of carbonyl (C=O) groups excluding carboxylic acids is 1. The van der Waals surface area contributed by atoms with Crippen LogP contribution in [-0.4, -0.2) is 13.3 Å². The first-order chi connectivity index (χ1) is 2.77. The van der Waals surface area contributed by atoms with Crippen LogP contribution in [0.3, 0.4) is 0 Å². The molecule has 0 unspecified atom stereocenters. The fourth-order valence-electron chi connectivity index (χ4n) is 0.0802. The van der Waals surface area contributed by atoms with Gasteiger partial charge in [-0.1, -0.05) is 0 Å². The van der Waals surface area contributed by atoms with Gasteiger partial charge in [0, 0.05) is 0 Å². The Hall–Kier alpha value is -0.640. The minimum Gasteiger partial charge on any atom is -0.275 e. The van der Waals surface area contributed by atoms with Crippen molar-refractivity contribution in [1.29, 1.82) is 0 Å². The predicted octanol–water partition coefficient (Wildman–Crippen LogP) is 0.227. The van der Waals surface area contributed by atoms with Crippen LogP contribution in [0.25, 0.3) is 0 Å². The Morgan fingerprint density at radius 2 is 2.50 bits per heavy atom. The molecule has 0 aliphatic rings. The highest BCUT2D eigenvalue weighted by atomic mass is 19.1. The number of hydroxylamine groups is 1. The molecule has 0 radical (unpaired) electrons.